The molecule has 2 aromatic rings. The Balaban J connectivity index is 1.75. The lowest BCUT2D eigenvalue weighted by molar-refractivity contribution is 0.0276. The predicted octanol–water partition coefficient (Wildman–Crippen LogP) is 2.30. The summed E-state index contributed by atoms with van der Waals surface area (Å²) in [6.07, 6.45) is 0.0912. The van der Waals surface area contributed by atoms with Crippen molar-refractivity contribution in [3.05, 3.63) is 35.7 Å². The SMILES string of the molecule is Cc1nsc(Oc2cccc([C@@H]3CNCCO3)c2)n1. The van der Waals surface area contributed by atoms with Crippen LogP contribution in [0.5, 0.6) is 10.9 Å². The summed E-state index contributed by atoms with van der Waals surface area (Å²) in [7, 11) is 0. The lowest BCUT2D eigenvalue weighted by atomic mass is 10.1. The van der Waals surface area contributed by atoms with Gasteiger partial charge >= 0.3 is 0 Å². The molecule has 1 N–H and O–H groups in total. The summed E-state index contributed by atoms with van der Waals surface area (Å²) in [5.41, 5.74) is 1.12. The van der Waals surface area contributed by atoms with Crippen LogP contribution < -0.4 is 10.1 Å². The zero-order chi connectivity index (χ0) is 13.1. The minimum Gasteiger partial charge on any atom is -0.430 e. The first-order chi connectivity index (χ1) is 9.31. The van der Waals surface area contributed by atoms with Crippen molar-refractivity contribution in [3.63, 3.8) is 0 Å². The maximum absolute atomic E-state index is 5.73. The molecule has 1 aliphatic rings. The van der Waals surface area contributed by atoms with Crippen molar-refractivity contribution in [2.45, 2.75) is 13.0 Å². The average molecular weight is 277 g/mol. The van der Waals surface area contributed by atoms with Gasteiger partial charge in [-0.15, -0.1) is 0 Å². The second-order valence-electron chi connectivity index (χ2n) is 4.35. The number of rotatable bonds is 3. The van der Waals surface area contributed by atoms with Crippen molar-refractivity contribution in [1.29, 1.82) is 0 Å². The van der Waals surface area contributed by atoms with Crippen LogP contribution in [-0.2, 0) is 4.74 Å². The van der Waals surface area contributed by atoms with E-state index in [1.165, 1.54) is 11.5 Å². The number of benzene rings is 1. The van der Waals surface area contributed by atoms with Crippen LogP contribution in [0.2, 0.25) is 0 Å². The molecule has 5 nitrogen and oxygen atoms in total. The summed E-state index contributed by atoms with van der Waals surface area (Å²) in [4.78, 5) is 4.19. The van der Waals surface area contributed by atoms with Crippen molar-refractivity contribution in [2.75, 3.05) is 19.7 Å². The fraction of sp³-hybridized carbons (Fsp3) is 0.385. The molecule has 1 atom stereocenters. The Hall–Kier alpha value is -1.50. The summed E-state index contributed by atoms with van der Waals surface area (Å²) >= 11 is 1.26. The fourth-order valence-corrected chi connectivity index (χ4v) is 2.54. The van der Waals surface area contributed by atoms with Crippen LogP contribution in [0.3, 0.4) is 0 Å². The van der Waals surface area contributed by atoms with Gasteiger partial charge in [0.2, 0.25) is 0 Å². The van der Waals surface area contributed by atoms with E-state index < -0.39 is 0 Å². The second-order valence-corrected chi connectivity index (χ2v) is 5.06. The maximum Gasteiger partial charge on any atom is 0.298 e. The Kier molecular flexibility index (Phi) is 3.72. The molecule has 2 heterocycles. The largest absolute Gasteiger partial charge is 0.430 e. The molecular weight excluding hydrogens is 262 g/mol. The van der Waals surface area contributed by atoms with Crippen LogP contribution in [0.4, 0.5) is 0 Å². The van der Waals surface area contributed by atoms with Gasteiger partial charge in [-0.1, -0.05) is 12.1 Å². The first kappa shape index (κ1) is 12.5. The second kappa shape index (κ2) is 5.64. The zero-order valence-corrected chi connectivity index (χ0v) is 11.4. The van der Waals surface area contributed by atoms with Gasteiger partial charge in [-0.3, -0.25) is 0 Å². The van der Waals surface area contributed by atoms with Gasteiger partial charge in [0.15, 0.2) is 0 Å². The number of aryl methyl sites for hydroxylation is 1. The van der Waals surface area contributed by atoms with Crippen LogP contribution in [0.1, 0.15) is 17.5 Å². The van der Waals surface area contributed by atoms with E-state index >= 15 is 0 Å². The topological polar surface area (TPSA) is 56.3 Å². The van der Waals surface area contributed by atoms with Gasteiger partial charge in [-0.25, -0.2) is 0 Å². The predicted molar refractivity (Wildman–Crippen MR) is 72.7 cm³/mol. The molecule has 0 radical (unpaired) electrons. The molecule has 1 fully saturated rings. The van der Waals surface area contributed by atoms with E-state index in [0.29, 0.717) is 5.19 Å². The monoisotopic (exact) mass is 277 g/mol. The molecule has 0 aliphatic carbocycles. The highest BCUT2D eigenvalue weighted by atomic mass is 32.1. The summed E-state index contributed by atoms with van der Waals surface area (Å²) < 4.78 is 15.5. The minimum absolute atomic E-state index is 0.0912. The Morgan fingerprint density at radius 2 is 2.42 bits per heavy atom. The van der Waals surface area contributed by atoms with Crippen LogP contribution in [-0.4, -0.2) is 29.1 Å². The molecule has 0 saturated carbocycles. The average Bonchev–Trinajstić information content (AvgIpc) is 2.85. The van der Waals surface area contributed by atoms with Crippen LogP contribution in [0, 0.1) is 6.92 Å². The molecule has 1 aromatic carbocycles. The molecule has 1 saturated heterocycles. The van der Waals surface area contributed by atoms with Gasteiger partial charge in [0, 0.05) is 24.6 Å². The molecule has 1 aromatic heterocycles. The quantitative estimate of drug-likeness (QED) is 0.933. The van der Waals surface area contributed by atoms with E-state index in [2.05, 4.69) is 20.7 Å². The first-order valence-electron chi connectivity index (χ1n) is 6.22. The molecule has 0 bridgehead atoms. The third-order valence-corrected chi connectivity index (χ3v) is 3.56. The summed E-state index contributed by atoms with van der Waals surface area (Å²) in [5, 5.41) is 3.89. The standard InChI is InChI=1S/C13H15N3O2S/c1-9-15-13(19-16-9)18-11-4-2-3-10(7-11)12-8-14-5-6-17-12/h2-4,7,12,14H,5-6,8H2,1H3/t12-/m0/s1. The first-order valence-corrected chi connectivity index (χ1v) is 6.99. The Labute approximate surface area is 115 Å². The van der Waals surface area contributed by atoms with Crippen LogP contribution >= 0.6 is 11.5 Å². The highest BCUT2D eigenvalue weighted by Gasteiger charge is 2.16. The number of hydrogen-bond donors (Lipinski definition) is 1. The van der Waals surface area contributed by atoms with Gasteiger partial charge in [-0.05, 0) is 24.6 Å². The lowest BCUT2D eigenvalue weighted by Crippen LogP contribution is -2.33. The summed E-state index contributed by atoms with van der Waals surface area (Å²) in [5.74, 6) is 1.50. The zero-order valence-electron chi connectivity index (χ0n) is 10.6. The molecule has 0 amide bonds. The van der Waals surface area contributed by atoms with Crippen LogP contribution in [0.15, 0.2) is 24.3 Å². The minimum atomic E-state index is 0.0912. The molecule has 100 valence electrons. The number of morpholine rings is 1. The number of aromatic nitrogens is 2. The number of hydrogen-bond acceptors (Lipinski definition) is 6. The molecule has 0 unspecified atom stereocenters. The third-order valence-electron chi connectivity index (χ3n) is 2.87. The van der Waals surface area contributed by atoms with Crippen molar-refractivity contribution in [2.24, 2.45) is 0 Å². The van der Waals surface area contributed by atoms with Crippen molar-refractivity contribution in [1.82, 2.24) is 14.7 Å². The van der Waals surface area contributed by atoms with Gasteiger partial charge in [0.1, 0.15) is 11.6 Å². The molecular formula is C13H15N3O2S. The van der Waals surface area contributed by atoms with Crippen molar-refractivity contribution >= 4 is 11.5 Å². The molecule has 6 heteroatoms. The van der Waals surface area contributed by atoms with E-state index in [4.69, 9.17) is 9.47 Å². The highest BCUT2D eigenvalue weighted by Crippen LogP contribution is 2.27. The Morgan fingerprint density at radius 3 is 3.16 bits per heavy atom. The van der Waals surface area contributed by atoms with Crippen molar-refractivity contribution in [3.8, 4) is 10.9 Å². The van der Waals surface area contributed by atoms with E-state index in [1.54, 1.807) is 0 Å². The van der Waals surface area contributed by atoms with E-state index in [-0.39, 0.29) is 6.10 Å². The smallest absolute Gasteiger partial charge is 0.298 e. The normalized spacial score (nSPS) is 19.3. The van der Waals surface area contributed by atoms with Crippen LogP contribution in [0.25, 0.3) is 0 Å². The maximum atomic E-state index is 5.73. The Morgan fingerprint density at radius 1 is 1.47 bits per heavy atom. The number of nitrogens with one attached hydrogen (secondary N) is 1. The molecule has 19 heavy (non-hydrogen) atoms. The molecule has 1 aliphatic heterocycles. The Bertz CT molecular complexity index is 552. The number of ether oxygens (including phenoxy) is 2. The summed E-state index contributed by atoms with van der Waals surface area (Å²) in [6, 6.07) is 7.93. The fourth-order valence-electron chi connectivity index (χ4n) is 1.98. The van der Waals surface area contributed by atoms with E-state index in [1.807, 2.05) is 25.1 Å². The van der Waals surface area contributed by atoms with Crippen molar-refractivity contribution < 1.29 is 9.47 Å². The van der Waals surface area contributed by atoms with Gasteiger partial charge in [0.05, 0.1) is 12.7 Å². The molecule has 3 rings (SSSR count). The highest BCUT2D eigenvalue weighted by molar-refractivity contribution is 7.07. The lowest BCUT2D eigenvalue weighted by Gasteiger charge is -2.24. The van der Waals surface area contributed by atoms with E-state index in [0.717, 1.165) is 36.8 Å². The molecule has 0 spiro atoms. The third kappa shape index (κ3) is 3.09. The van der Waals surface area contributed by atoms with E-state index in [9.17, 15) is 0 Å². The number of nitrogens with zero attached hydrogens (tertiary/aromatic N) is 2. The van der Waals surface area contributed by atoms with Gasteiger partial charge in [0.25, 0.3) is 5.19 Å². The summed E-state index contributed by atoms with van der Waals surface area (Å²) in [6.45, 7) is 4.34. The van der Waals surface area contributed by atoms with Gasteiger partial charge < -0.3 is 14.8 Å². The van der Waals surface area contributed by atoms with Gasteiger partial charge in [-0.2, -0.15) is 9.36 Å².